The molecule has 31 heavy (non-hydrogen) atoms. The minimum Gasteiger partial charge on any atom is -0.364 e. The van der Waals surface area contributed by atoms with E-state index >= 15 is 0 Å². The maximum Gasteiger partial charge on any atom is 0.269 e. The number of nitrogens with one attached hydrogen (secondary N) is 1. The summed E-state index contributed by atoms with van der Waals surface area (Å²) < 4.78 is 16.8. The fourth-order valence-corrected chi connectivity index (χ4v) is 4.52. The van der Waals surface area contributed by atoms with Crippen LogP contribution in [0.5, 0.6) is 0 Å². The van der Waals surface area contributed by atoms with Crippen LogP contribution in [-0.4, -0.2) is 46.9 Å². The van der Waals surface area contributed by atoms with Gasteiger partial charge in [-0.15, -0.1) is 0 Å². The van der Waals surface area contributed by atoms with Gasteiger partial charge in [0.05, 0.1) is 17.2 Å². The topological polar surface area (TPSA) is 93.2 Å². The molecule has 2 amide bonds. The van der Waals surface area contributed by atoms with Crippen LogP contribution in [0.4, 0.5) is 4.39 Å². The third kappa shape index (κ3) is 4.75. The summed E-state index contributed by atoms with van der Waals surface area (Å²) in [7, 11) is 3.55. The number of nitrogens with zero attached hydrogens (tertiary/aromatic N) is 3. The monoisotopic (exact) mass is 449 g/mol. The maximum absolute atomic E-state index is 14.9. The Labute approximate surface area is 186 Å². The quantitative estimate of drug-likeness (QED) is 0.708. The van der Waals surface area contributed by atoms with Crippen LogP contribution in [0.2, 0.25) is 5.02 Å². The van der Waals surface area contributed by atoms with Crippen molar-refractivity contribution in [3.8, 4) is 11.4 Å². The minimum atomic E-state index is -0.682. The number of primary amides is 1. The zero-order valence-corrected chi connectivity index (χ0v) is 19.0. The van der Waals surface area contributed by atoms with Crippen molar-refractivity contribution in [2.45, 2.75) is 39.3 Å². The molecule has 0 spiro atoms. The van der Waals surface area contributed by atoms with E-state index in [2.05, 4.69) is 29.0 Å². The van der Waals surface area contributed by atoms with Gasteiger partial charge < -0.3 is 20.5 Å². The molecule has 0 radical (unpaired) electrons. The van der Waals surface area contributed by atoms with E-state index in [4.69, 9.17) is 17.3 Å². The van der Waals surface area contributed by atoms with Crippen LogP contribution >= 0.6 is 11.6 Å². The van der Waals surface area contributed by atoms with Crippen molar-refractivity contribution < 1.29 is 14.0 Å². The van der Waals surface area contributed by atoms with Gasteiger partial charge in [-0.25, -0.2) is 9.37 Å². The first kappa shape index (κ1) is 23.2. The van der Waals surface area contributed by atoms with Crippen molar-refractivity contribution >= 4 is 23.4 Å². The zero-order chi connectivity index (χ0) is 22.9. The lowest BCUT2D eigenvalue weighted by Crippen LogP contribution is -2.36. The number of aromatic nitrogens is 2. The van der Waals surface area contributed by atoms with Crippen molar-refractivity contribution in [2.24, 2.45) is 17.6 Å². The molecule has 1 aliphatic heterocycles. The van der Waals surface area contributed by atoms with Crippen molar-refractivity contribution in [3.05, 3.63) is 40.4 Å². The van der Waals surface area contributed by atoms with Crippen molar-refractivity contribution in [1.82, 2.24) is 19.8 Å². The van der Waals surface area contributed by atoms with E-state index in [0.29, 0.717) is 31.6 Å². The molecule has 2 heterocycles. The second-order valence-corrected chi connectivity index (χ2v) is 8.97. The lowest BCUT2D eigenvalue weighted by Gasteiger charge is -2.30. The summed E-state index contributed by atoms with van der Waals surface area (Å²) in [6, 6.07) is 4.02. The molecule has 0 bridgehead atoms. The maximum atomic E-state index is 14.9. The summed E-state index contributed by atoms with van der Waals surface area (Å²) in [5, 5.41) is 3.03. The number of fused-ring (bicyclic) bond motifs is 1. The highest BCUT2D eigenvalue weighted by Gasteiger charge is 2.37. The van der Waals surface area contributed by atoms with Crippen molar-refractivity contribution in [2.75, 3.05) is 20.6 Å². The number of carbonyl (C=O) groups excluding carboxylic acids is 2. The molecule has 0 fully saturated rings. The average Bonchev–Trinajstić information content (AvgIpc) is 2.96. The van der Waals surface area contributed by atoms with Crippen LogP contribution in [0.1, 0.15) is 48.9 Å². The fourth-order valence-electron chi connectivity index (χ4n) is 4.36. The molecule has 9 heteroatoms. The highest BCUT2D eigenvalue weighted by molar-refractivity contribution is 6.30. The van der Waals surface area contributed by atoms with E-state index in [1.807, 2.05) is 11.6 Å². The molecule has 2 aromatic rings. The highest BCUT2D eigenvalue weighted by atomic mass is 35.5. The standard InChI is InChI=1S/C22H29ClFN5O2/c1-12(2)9-15(22(31)26-3)17-7-8-28(4)11-18-19(20(25)30)27-21(29(17)18)14-6-5-13(23)10-16(14)24/h5-6,10,12,15,17H,7-9,11H2,1-4H3,(H2,25,30)(H,26,31)/t15-,17-/m0/s1. The molecule has 1 aromatic carbocycles. The zero-order valence-electron chi connectivity index (χ0n) is 18.3. The van der Waals surface area contributed by atoms with Crippen LogP contribution in [0, 0.1) is 17.7 Å². The second kappa shape index (κ2) is 9.36. The minimum absolute atomic E-state index is 0.0916. The number of halogens is 2. The predicted octanol–water partition coefficient (Wildman–Crippen LogP) is 3.23. The van der Waals surface area contributed by atoms with E-state index in [0.717, 1.165) is 0 Å². The Kier molecular flexibility index (Phi) is 7.01. The largest absolute Gasteiger partial charge is 0.364 e. The number of amides is 2. The van der Waals surface area contributed by atoms with Gasteiger partial charge in [0.15, 0.2) is 5.69 Å². The van der Waals surface area contributed by atoms with Gasteiger partial charge in [-0.2, -0.15) is 0 Å². The summed E-state index contributed by atoms with van der Waals surface area (Å²) in [6.45, 7) is 5.24. The molecule has 1 aliphatic rings. The fraction of sp³-hybridized carbons (Fsp3) is 0.500. The summed E-state index contributed by atoms with van der Waals surface area (Å²) in [6.07, 6.45) is 1.28. The van der Waals surface area contributed by atoms with Crippen LogP contribution in [0.3, 0.4) is 0 Å². The van der Waals surface area contributed by atoms with Gasteiger partial charge in [-0.3, -0.25) is 9.59 Å². The second-order valence-electron chi connectivity index (χ2n) is 8.53. The lowest BCUT2D eigenvalue weighted by atomic mass is 9.87. The molecule has 168 valence electrons. The summed E-state index contributed by atoms with van der Waals surface area (Å²) in [5.74, 6) is -1.14. The van der Waals surface area contributed by atoms with E-state index < -0.39 is 11.7 Å². The molecule has 0 saturated heterocycles. The van der Waals surface area contributed by atoms with Gasteiger partial charge >= 0.3 is 0 Å². The molecular weight excluding hydrogens is 421 g/mol. The van der Waals surface area contributed by atoms with E-state index in [-0.39, 0.29) is 45.9 Å². The van der Waals surface area contributed by atoms with E-state index in [1.54, 1.807) is 19.2 Å². The lowest BCUT2D eigenvalue weighted by molar-refractivity contribution is -0.126. The molecule has 7 nitrogen and oxygen atoms in total. The number of hydrogen-bond acceptors (Lipinski definition) is 4. The molecule has 0 saturated carbocycles. The van der Waals surface area contributed by atoms with Gasteiger partial charge in [0, 0.05) is 31.2 Å². The summed E-state index contributed by atoms with van der Waals surface area (Å²) >= 11 is 5.94. The van der Waals surface area contributed by atoms with Gasteiger partial charge in [-0.05, 0) is 44.0 Å². The van der Waals surface area contributed by atoms with Crippen LogP contribution < -0.4 is 11.1 Å². The summed E-state index contributed by atoms with van der Waals surface area (Å²) in [4.78, 5) is 31.7. The SMILES string of the molecule is CNC(=O)[C@@H](CC(C)C)[C@@H]1CCN(C)Cc2c(C(N)=O)nc(-c3ccc(Cl)cc3F)n21. The van der Waals surface area contributed by atoms with Crippen molar-refractivity contribution in [1.29, 1.82) is 0 Å². The van der Waals surface area contributed by atoms with E-state index in [1.165, 1.54) is 6.07 Å². The number of benzene rings is 1. The third-order valence-corrected chi connectivity index (χ3v) is 5.98. The molecule has 0 aliphatic carbocycles. The van der Waals surface area contributed by atoms with Crippen LogP contribution in [0.15, 0.2) is 18.2 Å². The predicted molar refractivity (Wildman–Crippen MR) is 118 cm³/mol. The van der Waals surface area contributed by atoms with Gasteiger partial charge in [-0.1, -0.05) is 25.4 Å². The third-order valence-electron chi connectivity index (χ3n) is 5.75. The average molecular weight is 450 g/mol. The Balaban J connectivity index is 2.29. The number of nitrogens with two attached hydrogens (primary N) is 1. The molecule has 1 aromatic heterocycles. The number of imidazole rings is 1. The number of hydrogen-bond donors (Lipinski definition) is 2. The normalized spacial score (nSPS) is 17.8. The van der Waals surface area contributed by atoms with Crippen LogP contribution in [-0.2, 0) is 11.3 Å². The summed E-state index contributed by atoms with van der Waals surface area (Å²) in [5.41, 5.74) is 6.56. The molecule has 2 atom stereocenters. The first-order valence-electron chi connectivity index (χ1n) is 10.4. The Bertz CT molecular complexity index is 991. The Hall–Kier alpha value is -2.45. The molecular formula is C22H29ClFN5O2. The Morgan fingerprint density at radius 2 is 2.10 bits per heavy atom. The highest BCUT2D eigenvalue weighted by Crippen LogP contribution is 2.38. The van der Waals surface area contributed by atoms with E-state index in [9.17, 15) is 14.0 Å². The smallest absolute Gasteiger partial charge is 0.269 e. The number of carbonyl (C=O) groups is 2. The van der Waals surface area contributed by atoms with Crippen molar-refractivity contribution in [3.63, 3.8) is 0 Å². The molecule has 3 N–H and O–H groups in total. The molecule has 3 rings (SSSR count). The first-order valence-corrected chi connectivity index (χ1v) is 10.8. The van der Waals surface area contributed by atoms with Gasteiger partial charge in [0.25, 0.3) is 5.91 Å². The van der Waals surface area contributed by atoms with Crippen LogP contribution in [0.25, 0.3) is 11.4 Å². The van der Waals surface area contributed by atoms with Gasteiger partial charge in [0.2, 0.25) is 5.91 Å². The Morgan fingerprint density at radius 1 is 1.39 bits per heavy atom. The van der Waals surface area contributed by atoms with Gasteiger partial charge in [0.1, 0.15) is 11.6 Å². The molecule has 0 unspecified atom stereocenters. The Morgan fingerprint density at radius 3 is 2.68 bits per heavy atom. The number of rotatable bonds is 6. The first-order chi connectivity index (χ1) is 14.6.